The molecule has 0 unspecified atom stereocenters. The lowest BCUT2D eigenvalue weighted by Crippen LogP contribution is -2.29. The first kappa shape index (κ1) is 14.0. The van der Waals surface area contributed by atoms with Gasteiger partial charge in [-0.25, -0.2) is 4.98 Å². The summed E-state index contributed by atoms with van der Waals surface area (Å²) in [6, 6.07) is 7.74. The fraction of sp³-hybridized carbons (Fsp3) is 0.312. The topological polar surface area (TPSA) is 76.3 Å². The summed E-state index contributed by atoms with van der Waals surface area (Å²) in [5, 5.41) is 14.3. The van der Waals surface area contributed by atoms with Crippen molar-refractivity contribution in [2.45, 2.75) is 12.2 Å². The zero-order chi connectivity index (χ0) is 15.8. The molecule has 2 atom stereocenters. The van der Waals surface area contributed by atoms with Crippen molar-refractivity contribution in [1.82, 2.24) is 19.7 Å². The number of aryl methyl sites for hydroxylation is 1. The highest BCUT2D eigenvalue weighted by molar-refractivity contribution is 5.75. The van der Waals surface area contributed by atoms with Crippen molar-refractivity contribution in [2.75, 3.05) is 18.0 Å². The van der Waals surface area contributed by atoms with Gasteiger partial charge in [-0.2, -0.15) is 5.10 Å². The van der Waals surface area contributed by atoms with E-state index >= 15 is 0 Å². The van der Waals surface area contributed by atoms with E-state index in [-0.39, 0.29) is 6.10 Å². The van der Waals surface area contributed by atoms with Crippen molar-refractivity contribution >= 4 is 16.9 Å². The van der Waals surface area contributed by atoms with E-state index in [9.17, 15) is 5.11 Å². The quantitative estimate of drug-likeness (QED) is 0.777. The molecule has 7 heteroatoms. The first-order valence-electron chi connectivity index (χ1n) is 7.49. The van der Waals surface area contributed by atoms with Crippen LogP contribution in [0.2, 0.25) is 0 Å². The molecule has 1 saturated heterocycles. The number of anilines is 1. The van der Waals surface area contributed by atoms with Gasteiger partial charge in [-0.3, -0.25) is 9.67 Å². The maximum atomic E-state index is 10.3. The van der Waals surface area contributed by atoms with Gasteiger partial charge in [-0.15, -0.1) is 0 Å². The monoisotopic (exact) mass is 311 g/mol. The second kappa shape index (κ2) is 5.51. The maximum absolute atomic E-state index is 10.3. The van der Waals surface area contributed by atoms with E-state index in [2.05, 4.69) is 15.1 Å². The summed E-state index contributed by atoms with van der Waals surface area (Å²) in [6.45, 7) is 1.03. The molecule has 3 heterocycles. The van der Waals surface area contributed by atoms with Gasteiger partial charge in [0.15, 0.2) is 5.75 Å². The van der Waals surface area contributed by atoms with Crippen LogP contribution in [-0.4, -0.2) is 50.2 Å². The number of para-hydroxylation sites is 2. The molecule has 0 bridgehead atoms. The molecule has 0 saturated carbocycles. The number of benzene rings is 1. The van der Waals surface area contributed by atoms with Crippen molar-refractivity contribution in [3.63, 3.8) is 0 Å². The van der Waals surface area contributed by atoms with Gasteiger partial charge < -0.3 is 14.7 Å². The Bertz CT molecular complexity index is 834. The van der Waals surface area contributed by atoms with Crippen LogP contribution in [0.3, 0.4) is 0 Å². The molecular formula is C16H17N5O2. The number of nitrogens with zero attached hydrogens (tertiary/aromatic N) is 5. The van der Waals surface area contributed by atoms with Crippen LogP contribution in [0.5, 0.6) is 5.75 Å². The zero-order valence-corrected chi connectivity index (χ0v) is 12.7. The molecule has 23 heavy (non-hydrogen) atoms. The molecule has 1 N–H and O–H groups in total. The van der Waals surface area contributed by atoms with E-state index in [1.165, 1.54) is 0 Å². The van der Waals surface area contributed by atoms with E-state index in [1.807, 2.05) is 36.2 Å². The minimum Gasteiger partial charge on any atom is -0.482 e. The third-order valence-electron chi connectivity index (χ3n) is 3.97. The summed E-state index contributed by atoms with van der Waals surface area (Å²) in [5.41, 5.74) is 1.70. The van der Waals surface area contributed by atoms with Gasteiger partial charge in [0, 0.05) is 13.6 Å². The lowest BCUT2D eigenvalue weighted by atomic mass is 10.3. The second-order valence-electron chi connectivity index (χ2n) is 5.70. The number of hydrogen-bond donors (Lipinski definition) is 1. The van der Waals surface area contributed by atoms with Gasteiger partial charge in [-0.1, -0.05) is 12.1 Å². The SMILES string of the molecule is Cn1cc(O[C@@H]2CN(c3cnc4ccccc4n3)C[C@H]2O)cn1. The molecule has 3 aromatic rings. The van der Waals surface area contributed by atoms with Gasteiger partial charge >= 0.3 is 0 Å². The highest BCUT2D eigenvalue weighted by Gasteiger charge is 2.34. The molecule has 2 aromatic heterocycles. The molecule has 0 aliphatic carbocycles. The van der Waals surface area contributed by atoms with Crippen LogP contribution < -0.4 is 9.64 Å². The molecule has 0 amide bonds. The highest BCUT2D eigenvalue weighted by atomic mass is 16.5. The maximum Gasteiger partial charge on any atom is 0.157 e. The summed E-state index contributed by atoms with van der Waals surface area (Å²) in [7, 11) is 1.83. The van der Waals surface area contributed by atoms with Crippen LogP contribution in [0, 0.1) is 0 Å². The lowest BCUT2D eigenvalue weighted by Gasteiger charge is -2.17. The Morgan fingerprint density at radius 3 is 2.78 bits per heavy atom. The fourth-order valence-corrected chi connectivity index (χ4v) is 2.79. The van der Waals surface area contributed by atoms with Gasteiger partial charge in [-0.05, 0) is 12.1 Å². The van der Waals surface area contributed by atoms with E-state index in [1.54, 1.807) is 23.3 Å². The number of hydrogen-bond acceptors (Lipinski definition) is 6. The Kier molecular flexibility index (Phi) is 3.34. The van der Waals surface area contributed by atoms with Crippen molar-refractivity contribution in [3.8, 4) is 5.75 Å². The van der Waals surface area contributed by atoms with Crippen LogP contribution in [0.4, 0.5) is 5.82 Å². The molecular weight excluding hydrogens is 294 g/mol. The highest BCUT2D eigenvalue weighted by Crippen LogP contribution is 2.23. The summed E-state index contributed by atoms with van der Waals surface area (Å²) in [4.78, 5) is 11.0. The predicted octanol–water partition coefficient (Wildman–Crippen LogP) is 0.992. The third kappa shape index (κ3) is 2.70. The third-order valence-corrected chi connectivity index (χ3v) is 3.97. The van der Waals surface area contributed by atoms with E-state index in [0.717, 1.165) is 16.9 Å². The van der Waals surface area contributed by atoms with Gasteiger partial charge in [0.1, 0.15) is 18.0 Å². The van der Waals surface area contributed by atoms with E-state index < -0.39 is 6.10 Å². The summed E-state index contributed by atoms with van der Waals surface area (Å²) < 4.78 is 7.49. The van der Waals surface area contributed by atoms with Crippen LogP contribution in [0.25, 0.3) is 11.0 Å². The van der Waals surface area contributed by atoms with E-state index in [4.69, 9.17) is 4.74 Å². The number of aromatic nitrogens is 4. The lowest BCUT2D eigenvalue weighted by molar-refractivity contribution is 0.0737. The van der Waals surface area contributed by atoms with Crippen molar-refractivity contribution in [2.24, 2.45) is 7.05 Å². The Morgan fingerprint density at radius 2 is 2.00 bits per heavy atom. The minimum atomic E-state index is -0.580. The molecule has 4 rings (SSSR count). The molecule has 0 radical (unpaired) electrons. The van der Waals surface area contributed by atoms with Gasteiger partial charge in [0.2, 0.25) is 0 Å². The fourth-order valence-electron chi connectivity index (χ4n) is 2.79. The normalized spacial score (nSPS) is 21.0. The molecule has 1 fully saturated rings. The van der Waals surface area contributed by atoms with Crippen LogP contribution in [0.1, 0.15) is 0 Å². The minimum absolute atomic E-state index is 0.313. The smallest absolute Gasteiger partial charge is 0.157 e. The largest absolute Gasteiger partial charge is 0.482 e. The Morgan fingerprint density at radius 1 is 1.17 bits per heavy atom. The van der Waals surface area contributed by atoms with Gasteiger partial charge in [0.05, 0.1) is 36.2 Å². The Hall–Kier alpha value is -2.67. The number of aliphatic hydroxyl groups is 1. The Labute approximate surface area is 133 Å². The number of β-amino-alcohol motifs (C(OH)–C–C–N with tert-alkyl or cyclic N) is 1. The van der Waals surface area contributed by atoms with Gasteiger partial charge in [0.25, 0.3) is 0 Å². The number of rotatable bonds is 3. The standard InChI is InChI=1S/C16H17N5O2/c1-20-8-11(6-18-20)23-15-10-21(9-14(15)22)16-7-17-12-4-2-3-5-13(12)19-16/h2-8,14-15,22H,9-10H2,1H3/t14-,15-/m1/s1. The van der Waals surface area contributed by atoms with Crippen molar-refractivity contribution in [3.05, 3.63) is 42.9 Å². The molecule has 1 aliphatic rings. The zero-order valence-electron chi connectivity index (χ0n) is 12.7. The van der Waals surface area contributed by atoms with E-state index in [0.29, 0.717) is 18.8 Å². The molecule has 118 valence electrons. The molecule has 1 aromatic carbocycles. The molecule has 0 spiro atoms. The molecule has 1 aliphatic heterocycles. The first-order chi connectivity index (χ1) is 11.2. The number of ether oxygens (including phenoxy) is 1. The summed E-state index contributed by atoms with van der Waals surface area (Å²) in [6.07, 6.45) is 4.27. The molecule has 7 nitrogen and oxygen atoms in total. The average Bonchev–Trinajstić information content (AvgIpc) is 3.13. The number of aliphatic hydroxyl groups excluding tert-OH is 1. The van der Waals surface area contributed by atoms with Crippen LogP contribution in [0.15, 0.2) is 42.9 Å². The Balaban J connectivity index is 1.53. The second-order valence-corrected chi connectivity index (χ2v) is 5.70. The summed E-state index contributed by atoms with van der Waals surface area (Å²) in [5.74, 6) is 1.41. The van der Waals surface area contributed by atoms with Crippen molar-refractivity contribution < 1.29 is 9.84 Å². The first-order valence-corrected chi connectivity index (χ1v) is 7.49. The predicted molar refractivity (Wildman–Crippen MR) is 85.4 cm³/mol. The van der Waals surface area contributed by atoms with Crippen LogP contribution in [-0.2, 0) is 7.05 Å². The van der Waals surface area contributed by atoms with Crippen molar-refractivity contribution in [1.29, 1.82) is 0 Å². The van der Waals surface area contributed by atoms with Crippen LogP contribution >= 0.6 is 0 Å². The number of fused-ring (bicyclic) bond motifs is 1. The summed E-state index contributed by atoms with van der Waals surface area (Å²) >= 11 is 0. The average molecular weight is 311 g/mol.